The molecular weight excluding hydrogens is 356 g/mol. The lowest BCUT2D eigenvalue weighted by atomic mass is 9.55. The Morgan fingerprint density at radius 3 is 2.79 bits per heavy atom. The van der Waals surface area contributed by atoms with Crippen LogP contribution < -0.4 is 0 Å². The van der Waals surface area contributed by atoms with Gasteiger partial charge in [-0.1, -0.05) is 18.6 Å². The lowest BCUT2D eigenvalue weighted by Gasteiger charge is -2.50. The van der Waals surface area contributed by atoms with Gasteiger partial charge in [-0.3, -0.25) is 4.79 Å². The lowest BCUT2D eigenvalue weighted by molar-refractivity contribution is -0.164. The van der Waals surface area contributed by atoms with Crippen molar-refractivity contribution >= 4 is 5.78 Å². The van der Waals surface area contributed by atoms with Gasteiger partial charge in [-0.2, -0.15) is 0 Å². The van der Waals surface area contributed by atoms with Crippen molar-refractivity contribution in [1.82, 2.24) is 0 Å². The number of allylic oxidation sites excluding steroid dienone is 3. The second kappa shape index (κ2) is 6.49. The molecule has 154 valence electrons. The van der Waals surface area contributed by atoms with Crippen LogP contribution in [-0.2, 0) is 19.0 Å². The number of carbonyl (C=O) groups is 1. The average Bonchev–Trinajstić information content (AvgIpc) is 3.24. The fourth-order valence-electron chi connectivity index (χ4n) is 7.02. The van der Waals surface area contributed by atoms with Crippen LogP contribution in [-0.4, -0.2) is 49.2 Å². The van der Waals surface area contributed by atoms with E-state index in [1.54, 1.807) is 0 Å². The van der Waals surface area contributed by atoms with Gasteiger partial charge in [0.25, 0.3) is 0 Å². The molecule has 0 aromatic carbocycles. The summed E-state index contributed by atoms with van der Waals surface area (Å²) in [6.07, 6.45) is 9.66. The summed E-state index contributed by atoms with van der Waals surface area (Å²) in [7, 11) is 1.53. The van der Waals surface area contributed by atoms with Crippen LogP contribution in [0, 0.1) is 17.3 Å². The van der Waals surface area contributed by atoms with Gasteiger partial charge >= 0.3 is 0 Å². The van der Waals surface area contributed by atoms with E-state index in [0.29, 0.717) is 31.5 Å². The van der Waals surface area contributed by atoms with Gasteiger partial charge < -0.3 is 19.3 Å². The van der Waals surface area contributed by atoms with Crippen LogP contribution >= 0.6 is 0 Å². The Bertz CT molecular complexity index is 746. The summed E-state index contributed by atoms with van der Waals surface area (Å²) in [5.74, 6) is 0.307. The topological polar surface area (TPSA) is 65.0 Å². The summed E-state index contributed by atoms with van der Waals surface area (Å²) in [5, 5.41) is 11.4. The van der Waals surface area contributed by atoms with Crippen molar-refractivity contribution in [2.24, 2.45) is 17.3 Å². The van der Waals surface area contributed by atoms with Crippen LogP contribution in [0.15, 0.2) is 22.8 Å². The van der Waals surface area contributed by atoms with Crippen molar-refractivity contribution in [3.63, 3.8) is 0 Å². The first kappa shape index (κ1) is 19.0. The van der Waals surface area contributed by atoms with Crippen molar-refractivity contribution in [3.05, 3.63) is 22.8 Å². The quantitative estimate of drug-likeness (QED) is 0.804. The molecule has 2 fully saturated rings. The summed E-state index contributed by atoms with van der Waals surface area (Å²) in [4.78, 5) is 12.7. The highest BCUT2D eigenvalue weighted by Gasteiger charge is 2.63. The summed E-state index contributed by atoms with van der Waals surface area (Å²) in [5.41, 5.74) is 2.90. The summed E-state index contributed by atoms with van der Waals surface area (Å²) in [6.45, 7) is 3.55. The third-order valence-corrected chi connectivity index (χ3v) is 8.53. The highest BCUT2D eigenvalue weighted by molar-refractivity contribution is 5.89. The van der Waals surface area contributed by atoms with Crippen LogP contribution in [0.3, 0.4) is 0 Å². The minimum Gasteiger partial charge on any atom is -0.381 e. The maximum atomic E-state index is 12.7. The van der Waals surface area contributed by atoms with E-state index in [1.165, 1.54) is 23.8 Å². The molecule has 0 aromatic rings. The molecule has 1 spiro atoms. The zero-order chi connectivity index (χ0) is 19.6. The van der Waals surface area contributed by atoms with E-state index < -0.39 is 5.60 Å². The minimum absolute atomic E-state index is 0.00255. The average molecular weight is 389 g/mol. The number of Topliss-reactive ketones (excluding diaryl/α,β-unsaturated/α-hetero) is 1. The van der Waals surface area contributed by atoms with E-state index in [-0.39, 0.29) is 23.6 Å². The molecular formula is C23H32O5. The van der Waals surface area contributed by atoms with E-state index in [2.05, 4.69) is 13.0 Å². The molecule has 1 aliphatic heterocycles. The Kier molecular flexibility index (Phi) is 4.40. The number of rotatable bonds is 3. The van der Waals surface area contributed by atoms with Crippen molar-refractivity contribution in [1.29, 1.82) is 0 Å². The Morgan fingerprint density at radius 2 is 2.04 bits per heavy atom. The number of ether oxygens (including phenoxy) is 3. The van der Waals surface area contributed by atoms with Gasteiger partial charge in [0.05, 0.1) is 13.2 Å². The smallest absolute Gasteiger partial charge is 0.190 e. The van der Waals surface area contributed by atoms with E-state index in [4.69, 9.17) is 14.2 Å². The molecule has 5 heteroatoms. The molecule has 0 radical (unpaired) electrons. The molecule has 5 aliphatic rings. The number of hydrogen-bond donors (Lipinski definition) is 1. The number of aliphatic hydroxyl groups is 1. The summed E-state index contributed by atoms with van der Waals surface area (Å²) >= 11 is 0. The van der Waals surface area contributed by atoms with Crippen molar-refractivity contribution in [2.75, 3.05) is 26.9 Å². The predicted molar refractivity (Wildman–Crippen MR) is 104 cm³/mol. The molecule has 5 nitrogen and oxygen atoms in total. The highest BCUT2D eigenvalue weighted by atomic mass is 16.7. The van der Waals surface area contributed by atoms with Gasteiger partial charge in [-0.15, -0.1) is 0 Å². The SMILES string of the molecule is COCC(=O)[C@@]1(O)CC[C@H]2[C@@H]3CCC4=C(CCC5(C4)OCCO5)C3=CC[C@@]21C. The first-order chi connectivity index (χ1) is 13.4. The van der Waals surface area contributed by atoms with Gasteiger partial charge in [-0.05, 0) is 61.5 Å². The van der Waals surface area contributed by atoms with Crippen LogP contribution in [0.2, 0.25) is 0 Å². The van der Waals surface area contributed by atoms with Crippen LogP contribution in [0.5, 0.6) is 0 Å². The van der Waals surface area contributed by atoms with Gasteiger partial charge in [0, 0.05) is 25.4 Å². The maximum absolute atomic E-state index is 12.7. The van der Waals surface area contributed by atoms with Crippen LogP contribution in [0.25, 0.3) is 0 Å². The largest absolute Gasteiger partial charge is 0.381 e. The normalized spacial score (nSPS) is 41.5. The summed E-state index contributed by atoms with van der Waals surface area (Å²) in [6, 6.07) is 0. The Morgan fingerprint density at radius 1 is 1.25 bits per heavy atom. The van der Waals surface area contributed by atoms with Gasteiger partial charge in [0.15, 0.2) is 11.6 Å². The molecule has 1 heterocycles. The molecule has 1 N–H and O–H groups in total. The van der Waals surface area contributed by atoms with Gasteiger partial charge in [0.2, 0.25) is 0 Å². The van der Waals surface area contributed by atoms with Crippen molar-refractivity contribution < 1.29 is 24.1 Å². The Labute approximate surface area is 167 Å². The van der Waals surface area contributed by atoms with Crippen LogP contribution in [0.1, 0.15) is 58.3 Å². The maximum Gasteiger partial charge on any atom is 0.190 e. The Balaban J connectivity index is 1.45. The van der Waals surface area contributed by atoms with E-state index in [9.17, 15) is 9.90 Å². The zero-order valence-electron chi connectivity index (χ0n) is 17.1. The fraction of sp³-hybridized carbons (Fsp3) is 0.783. The second-order valence-electron chi connectivity index (χ2n) is 9.65. The number of methoxy groups -OCH3 is 1. The van der Waals surface area contributed by atoms with Gasteiger partial charge in [-0.25, -0.2) is 0 Å². The molecule has 0 bridgehead atoms. The first-order valence-corrected chi connectivity index (χ1v) is 10.9. The molecule has 5 rings (SSSR count). The standard InChI is InChI=1S/C23H32O5/c1-21-8-5-17-16-6-9-22(27-11-12-28-22)13-15(16)3-4-18(17)19(21)7-10-23(21,25)20(24)14-26-2/h5,18-19,25H,3-4,6-14H2,1-2H3/t18-,19+,21+,23+/m1/s1. The molecule has 0 unspecified atom stereocenters. The molecule has 1 saturated carbocycles. The lowest BCUT2D eigenvalue weighted by Crippen LogP contribution is -2.54. The van der Waals surface area contributed by atoms with Crippen molar-refractivity contribution in [3.8, 4) is 0 Å². The third-order valence-electron chi connectivity index (χ3n) is 8.53. The van der Waals surface area contributed by atoms with E-state index in [0.717, 1.165) is 44.9 Å². The zero-order valence-corrected chi connectivity index (χ0v) is 17.1. The molecule has 4 atom stereocenters. The van der Waals surface area contributed by atoms with E-state index >= 15 is 0 Å². The Hall–Kier alpha value is -1.01. The highest BCUT2D eigenvalue weighted by Crippen LogP contribution is 2.63. The van der Waals surface area contributed by atoms with Crippen LogP contribution in [0.4, 0.5) is 0 Å². The first-order valence-electron chi connectivity index (χ1n) is 10.9. The molecule has 28 heavy (non-hydrogen) atoms. The number of carbonyl (C=O) groups excluding carboxylic acids is 1. The molecule has 0 amide bonds. The monoisotopic (exact) mass is 388 g/mol. The van der Waals surface area contributed by atoms with E-state index in [1.807, 2.05) is 0 Å². The molecule has 4 aliphatic carbocycles. The minimum atomic E-state index is -1.26. The fourth-order valence-corrected chi connectivity index (χ4v) is 7.02. The number of ketones is 1. The molecule has 0 aromatic heterocycles. The predicted octanol–water partition coefficient (Wildman–Crippen LogP) is 3.31. The van der Waals surface area contributed by atoms with Gasteiger partial charge in [0.1, 0.15) is 12.2 Å². The number of hydrogen-bond acceptors (Lipinski definition) is 5. The number of fused-ring (bicyclic) bond motifs is 4. The third kappa shape index (κ3) is 2.49. The van der Waals surface area contributed by atoms with Crippen molar-refractivity contribution in [2.45, 2.75) is 69.7 Å². The summed E-state index contributed by atoms with van der Waals surface area (Å²) < 4.78 is 17.0. The molecule has 1 saturated heterocycles. The second-order valence-corrected chi connectivity index (χ2v) is 9.65.